The van der Waals surface area contributed by atoms with Crippen molar-refractivity contribution in [2.24, 2.45) is 0 Å². The van der Waals surface area contributed by atoms with Crippen molar-refractivity contribution in [1.29, 1.82) is 0 Å². The van der Waals surface area contributed by atoms with Crippen LogP contribution in [0.1, 0.15) is 12.1 Å². The Balaban J connectivity index is 2.68. The highest BCUT2D eigenvalue weighted by Crippen LogP contribution is 2.34. The molecule has 1 heterocycles. The van der Waals surface area contributed by atoms with Gasteiger partial charge < -0.3 is 10.1 Å². The lowest BCUT2D eigenvalue weighted by atomic mass is 10.1. The van der Waals surface area contributed by atoms with Crippen molar-refractivity contribution < 1.29 is 26.7 Å². The van der Waals surface area contributed by atoms with E-state index >= 15 is 0 Å². The van der Waals surface area contributed by atoms with Gasteiger partial charge >= 0.3 is 6.36 Å². The number of ether oxygens (including phenoxy) is 1. The molecule has 0 amide bonds. The molecular weight excluding hydrogens is 283 g/mol. The lowest BCUT2D eigenvalue weighted by Gasteiger charge is -2.14. The van der Waals surface area contributed by atoms with Crippen LogP contribution in [0.3, 0.4) is 0 Å². The maximum absolute atomic E-state index is 12.7. The SMILES string of the molecule is CNc1cc(C(F)F)nc2c(OC(F)(F)F)cccc12. The number of aromatic nitrogens is 1. The van der Waals surface area contributed by atoms with E-state index in [-0.39, 0.29) is 16.6 Å². The van der Waals surface area contributed by atoms with E-state index in [0.29, 0.717) is 0 Å². The fourth-order valence-electron chi connectivity index (χ4n) is 1.77. The Labute approximate surface area is 110 Å². The number of benzene rings is 1. The van der Waals surface area contributed by atoms with Crippen molar-refractivity contribution in [2.45, 2.75) is 12.8 Å². The molecule has 0 aliphatic heterocycles. The van der Waals surface area contributed by atoms with E-state index in [0.717, 1.165) is 12.1 Å². The van der Waals surface area contributed by atoms with Crippen LogP contribution in [0.15, 0.2) is 24.3 Å². The van der Waals surface area contributed by atoms with E-state index in [1.165, 1.54) is 19.2 Å². The Kier molecular flexibility index (Phi) is 3.65. The second-order valence-corrected chi connectivity index (χ2v) is 3.85. The lowest BCUT2D eigenvalue weighted by molar-refractivity contribution is -0.274. The Hall–Kier alpha value is -2.12. The average molecular weight is 292 g/mol. The van der Waals surface area contributed by atoms with Gasteiger partial charge in [0.15, 0.2) is 5.75 Å². The zero-order valence-electron chi connectivity index (χ0n) is 10.1. The zero-order chi connectivity index (χ0) is 14.9. The Morgan fingerprint density at radius 2 is 1.95 bits per heavy atom. The molecule has 1 aromatic carbocycles. The summed E-state index contributed by atoms with van der Waals surface area (Å²) in [7, 11) is 1.47. The minimum atomic E-state index is -4.92. The van der Waals surface area contributed by atoms with Gasteiger partial charge in [0.2, 0.25) is 0 Å². The van der Waals surface area contributed by atoms with Gasteiger partial charge in [0.25, 0.3) is 6.43 Å². The molecule has 0 saturated carbocycles. The summed E-state index contributed by atoms with van der Waals surface area (Å²) in [6.07, 6.45) is -7.82. The molecule has 0 atom stereocenters. The number of nitrogens with zero attached hydrogens (tertiary/aromatic N) is 1. The molecule has 0 bridgehead atoms. The first-order valence-electron chi connectivity index (χ1n) is 5.47. The average Bonchev–Trinajstić information content (AvgIpc) is 2.36. The Morgan fingerprint density at radius 3 is 2.50 bits per heavy atom. The molecule has 1 aromatic heterocycles. The maximum atomic E-state index is 12.7. The van der Waals surface area contributed by atoms with Gasteiger partial charge in [-0.05, 0) is 12.1 Å². The van der Waals surface area contributed by atoms with Gasteiger partial charge in [-0.25, -0.2) is 13.8 Å². The van der Waals surface area contributed by atoms with Crippen LogP contribution in [-0.4, -0.2) is 18.4 Å². The first-order valence-corrected chi connectivity index (χ1v) is 5.47. The molecule has 0 fully saturated rings. The highest BCUT2D eigenvalue weighted by molar-refractivity contribution is 5.95. The maximum Gasteiger partial charge on any atom is 0.573 e. The molecule has 1 N–H and O–H groups in total. The largest absolute Gasteiger partial charge is 0.573 e. The third-order valence-corrected chi connectivity index (χ3v) is 2.54. The molecule has 0 aliphatic carbocycles. The number of anilines is 1. The Bertz CT molecular complexity index is 627. The minimum absolute atomic E-state index is 0.248. The molecule has 0 spiro atoms. The van der Waals surface area contributed by atoms with Gasteiger partial charge in [-0.15, -0.1) is 13.2 Å². The van der Waals surface area contributed by atoms with Gasteiger partial charge in [-0.2, -0.15) is 0 Å². The Morgan fingerprint density at radius 1 is 1.25 bits per heavy atom. The quantitative estimate of drug-likeness (QED) is 0.864. The molecule has 108 valence electrons. The van der Waals surface area contributed by atoms with Crippen LogP contribution in [0.25, 0.3) is 10.9 Å². The van der Waals surface area contributed by atoms with Crippen molar-refractivity contribution in [3.05, 3.63) is 30.0 Å². The van der Waals surface area contributed by atoms with Crippen molar-refractivity contribution in [1.82, 2.24) is 4.98 Å². The fourth-order valence-corrected chi connectivity index (χ4v) is 1.77. The third kappa shape index (κ3) is 2.89. The van der Waals surface area contributed by atoms with E-state index in [2.05, 4.69) is 15.0 Å². The highest BCUT2D eigenvalue weighted by atomic mass is 19.4. The number of para-hydroxylation sites is 1. The summed E-state index contributed by atoms with van der Waals surface area (Å²) >= 11 is 0. The summed E-state index contributed by atoms with van der Waals surface area (Å²) in [5.74, 6) is -0.617. The second kappa shape index (κ2) is 5.10. The number of fused-ring (bicyclic) bond motifs is 1. The molecule has 0 radical (unpaired) electrons. The van der Waals surface area contributed by atoms with E-state index in [9.17, 15) is 22.0 Å². The van der Waals surface area contributed by atoms with Gasteiger partial charge in [-0.3, -0.25) is 0 Å². The van der Waals surface area contributed by atoms with Crippen LogP contribution in [0.4, 0.5) is 27.6 Å². The predicted octanol–water partition coefficient (Wildman–Crippen LogP) is 4.11. The topological polar surface area (TPSA) is 34.2 Å². The van der Waals surface area contributed by atoms with Crippen LogP contribution in [0.2, 0.25) is 0 Å². The molecule has 8 heteroatoms. The van der Waals surface area contributed by atoms with Crippen molar-refractivity contribution in [3.8, 4) is 5.75 Å². The van der Waals surface area contributed by atoms with Crippen molar-refractivity contribution in [3.63, 3.8) is 0 Å². The monoisotopic (exact) mass is 292 g/mol. The molecule has 2 aromatic rings. The lowest BCUT2D eigenvalue weighted by Crippen LogP contribution is -2.17. The third-order valence-electron chi connectivity index (χ3n) is 2.54. The van der Waals surface area contributed by atoms with Crippen molar-refractivity contribution >= 4 is 16.6 Å². The van der Waals surface area contributed by atoms with E-state index < -0.39 is 24.2 Å². The summed E-state index contributed by atoms with van der Waals surface area (Å²) in [4.78, 5) is 3.55. The summed E-state index contributed by atoms with van der Waals surface area (Å²) in [5, 5.41) is 2.91. The van der Waals surface area contributed by atoms with Crippen LogP contribution >= 0.6 is 0 Å². The highest BCUT2D eigenvalue weighted by Gasteiger charge is 2.32. The van der Waals surface area contributed by atoms with Gasteiger partial charge in [0.05, 0.1) is 0 Å². The number of halogens is 5. The molecule has 20 heavy (non-hydrogen) atoms. The zero-order valence-corrected chi connectivity index (χ0v) is 10.1. The summed E-state index contributed by atoms with van der Waals surface area (Å²) in [6.45, 7) is 0. The van der Waals surface area contributed by atoms with Crippen LogP contribution < -0.4 is 10.1 Å². The molecule has 3 nitrogen and oxygen atoms in total. The summed E-state index contributed by atoms with van der Waals surface area (Å²) in [6, 6.07) is 4.91. The molecule has 2 rings (SSSR count). The number of rotatable bonds is 3. The molecular formula is C12H9F5N2O. The van der Waals surface area contributed by atoms with Crippen LogP contribution in [0.5, 0.6) is 5.75 Å². The standard InChI is InChI=1S/C12H9F5N2O/c1-18-7-5-8(11(13)14)19-10-6(7)3-2-4-9(10)20-12(15,16)17/h2-5,11H,1H3,(H,18,19). The van der Waals surface area contributed by atoms with Crippen molar-refractivity contribution in [2.75, 3.05) is 12.4 Å². The van der Waals surface area contributed by atoms with E-state index in [4.69, 9.17) is 0 Å². The van der Waals surface area contributed by atoms with E-state index in [1.807, 2.05) is 0 Å². The van der Waals surface area contributed by atoms with Gasteiger partial charge in [-0.1, -0.05) is 12.1 Å². The number of alkyl halides is 5. The fraction of sp³-hybridized carbons (Fsp3) is 0.250. The number of hydrogen-bond donors (Lipinski definition) is 1. The first kappa shape index (κ1) is 14.3. The number of pyridine rings is 1. The van der Waals surface area contributed by atoms with Crippen LogP contribution in [0, 0.1) is 0 Å². The van der Waals surface area contributed by atoms with Crippen LogP contribution in [-0.2, 0) is 0 Å². The van der Waals surface area contributed by atoms with Gasteiger partial charge in [0, 0.05) is 18.1 Å². The smallest absolute Gasteiger partial charge is 0.403 e. The number of hydrogen-bond acceptors (Lipinski definition) is 3. The minimum Gasteiger partial charge on any atom is -0.403 e. The molecule has 0 aliphatic rings. The summed E-state index contributed by atoms with van der Waals surface area (Å²) < 4.78 is 66.2. The predicted molar refractivity (Wildman–Crippen MR) is 62.9 cm³/mol. The summed E-state index contributed by atoms with van der Waals surface area (Å²) in [5.41, 5.74) is -0.648. The number of nitrogens with one attached hydrogen (secondary N) is 1. The first-order chi connectivity index (χ1) is 9.31. The molecule has 0 unspecified atom stereocenters. The second-order valence-electron chi connectivity index (χ2n) is 3.85. The van der Waals surface area contributed by atoms with E-state index in [1.54, 1.807) is 0 Å². The normalized spacial score (nSPS) is 11.9. The van der Waals surface area contributed by atoms with Gasteiger partial charge in [0.1, 0.15) is 11.2 Å². The molecule has 0 saturated heterocycles.